The molecule has 0 aliphatic carbocycles. The Hall–Kier alpha value is -1.10. The van der Waals surface area contributed by atoms with Gasteiger partial charge >= 0.3 is 0 Å². The van der Waals surface area contributed by atoms with Crippen LogP contribution in [0.4, 0.5) is 5.13 Å². The van der Waals surface area contributed by atoms with Gasteiger partial charge in [-0.1, -0.05) is 41.9 Å². The minimum Gasteiger partial charge on any atom is -0.394 e. The number of aliphatic hydroxyl groups is 1. The Morgan fingerprint density at radius 1 is 1.35 bits per heavy atom. The van der Waals surface area contributed by atoms with Crippen LogP contribution in [0.2, 0.25) is 5.15 Å². The van der Waals surface area contributed by atoms with Gasteiger partial charge in [0.1, 0.15) is 5.15 Å². The highest BCUT2D eigenvalue weighted by Crippen LogP contribution is 2.20. The van der Waals surface area contributed by atoms with Gasteiger partial charge in [-0.2, -0.15) is 0 Å². The maximum atomic E-state index is 9.34. The van der Waals surface area contributed by atoms with Crippen LogP contribution in [0.15, 0.2) is 35.7 Å². The molecule has 0 aliphatic heterocycles. The van der Waals surface area contributed by atoms with E-state index in [0.717, 1.165) is 11.6 Å². The zero-order valence-electron chi connectivity index (χ0n) is 9.14. The van der Waals surface area contributed by atoms with Gasteiger partial charge in [0, 0.05) is 5.38 Å². The van der Waals surface area contributed by atoms with E-state index < -0.39 is 0 Å². The maximum Gasteiger partial charge on any atom is 0.184 e. The summed E-state index contributed by atoms with van der Waals surface area (Å²) < 4.78 is 0. The quantitative estimate of drug-likeness (QED) is 0.877. The van der Waals surface area contributed by atoms with Gasteiger partial charge in [-0.05, 0) is 12.0 Å². The van der Waals surface area contributed by atoms with Crippen LogP contribution < -0.4 is 5.32 Å². The Morgan fingerprint density at radius 2 is 2.12 bits per heavy atom. The first kappa shape index (κ1) is 12.4. The van der Waals surface area contributed by atoms with Gasteiger partial charge in [0.15, 0.2) is 5.13 Å². The lowest BCUT2D eigenvalue weighted by molar-refractivity contribution is 0.273. The molecule has 0 saturated heterocycles. The number of thiazole rings is 1. The first-order valence-electron chi connectivity index (χ1n) is 5.30. The molecular weight excluding hydrogens is 256 g/mol. The summed E-state index contributed by atoms with van der Waals surface area (Å²) in [6.07, 6.45) is 0.758. The molecule has 5 heteroatoms. The van der Waals surface area contributed by atoms with E-state index in [4.69, 9.17) is 11.6 Å². The summed E-state index contributed by atoms with van der Waals surface area (Å²) in [6, 6.07) is 10.00. The maximum absolute atomic E-state index is 9.34. The number of hydrogen-bond acceptors (Lipinski definition) is 4. The van der Waals surface area contributed by atoms with Gasteiger partial charge in [0.2, 0.25) is 0 Å². The zero-order chi connectivity index (χ0) is 12.1. The van der Waals surface area contributed by atoms with Gasteiger partial charge < -0.3 is 10.4 Å². The van der Waals surface area contributed by atoms with E-state index >= 15 is 0 Å². The molecule has 0 radical (unpaired) electrons. The van der Waals surface area contributed by atoms with Crippen LogP contribution in [-0.2, 0) is 6.42 Å². The van der Waals surface area contributed by atoms with Crippen molar-refractivity contribution in [3.8, 4) is 0 Å². The molecular formula is C12H13ClN2OS. The summed E-state index contributed by atoms with van der Waals surface area (Å²) in [6.45, 7) is 0.0616. The topological polar surface area (TPSA) is 45.1 Å². The Morgan fingerprint density at radius 3 is 2.71 bits per heavy atom. The molecule has 0 bridgehead atoms. The molecule has 90 valence electrons. The van der Waals surface area contributed by atoms with Crippen molar-refractivity contribution < 1.29 is 5.11 Å². The van der Waals surface area contributed by atoms with Crippen molar-refractivity contribution in [2.45, 2.75) is 12.5 Å². The van der Waals surface area contributed by atoms with Gasteiger partial charge in [0.05, 0.1) is 12.6 Å². The normalized spacial score (nSPS) is 12.4. The SMILES string of the molecule is OCC(Cc1ccccc1)Nc1nc(Cl)cs1. The van der Waals surface area contributed by atoms with E-state index in [1.165, 1.54) is 16.9 Å². The van der Waals surface area contributed by atoms with E-state index in [1.807, 2.05) is 30.3 Å². The van der Waals surface area contributed by atoms with Crippen molar-refractivity contribution in [3.63, 3.8) is 0 Å². The summed E-state index contributed by atoms with van der Waals surface area (Å²) in [5, 5.41) is 15.5. The van der Waals surface area contributed by atoms with Crippen LogP contribution in [0.3, 0.4) is 0 Å². The number of benzene rings is 1. The zero-order valence-corrected chi connectivity index (χ0v) is 10.7. The summed E-state index contributed by atoms with van der Waals surface area (Å²) in [4.78, 5) is 4.10. The second-order valence-electron chi connectivity index (χ2n) is 3.69. The first-order valence-corrected chi connectivity index (χ1v) is 6.56. The molecule has 0 amide bonds. The molecule has 0 aliphatic rings. The number of aliphatic hydroxyl groups excluding tert-OH is 1. The standard InChI is InChI=1S/C12H13ClN2OS/c13-11-8-17-12(15-11)14-10(7-16)6-9-4-2-1-3-5-9/h1-5,8,10,16H,6-7H2,(H,14,15). The average Bonchev–Trinajstić information content (AvgIpc) is 2.75. The summed E-state index contributed by atoms with van der Waals surface area (Å²) in [5.74, 6) is 0. The smallest absolute Gasteiger partial charge is 0.184 e. The second kappa shape index (κ2) is 6.00. The molecule has 2 rings (SSSR count). The minimum absolute atomic E-state index is 0.0420. The van der Waals surface area contributed by atoms with Crippen LogP contribution in [0, 0.1) is 0 Å². The van der Waals surface area contributed by atoms with E-state index in [-0.39, 0.29) is 12.6 Å². The molecule has 1 unspecified atom stereocenters. The highest BCUT2D eigenvalue weighted by Gasteiger charge is 2.10. The Balaban J connectivity index is 1.98. The third-order valence-electron chi connectivity index (χ3n) is 2.35. The fourth-order valence-electron chi connectivity index (χ4n) is 1.55. The molecule has 1 aromatic heterocycles. The second-order valence-corrected chi connectivity index (χ2v) is 4.93. The van der Waals surface area contributed by atoms with Gasteiger partial charge in [-0.15, -0.1) is 11.3 Å². The molecule has 3 nitrogen and oxygen atoms in total. The van der Waals surface area contributed by atoms with Crippen LogP contribution in [-0.4, -0.2) is 22.7 Å². The number of aromatic nitrogens is 1. The fraction of sp³-hybridized carbons (Fsp3) is 0.250. The van der Waals surface area contributed by atoms with Crippen LogP contribution in [0.1, 0.15) is 5.56 Å². The predicted molar refractivity (Wildman–Crippen MR) is 71.8 cm³/mol. The van der Waals surface area contributed by atoms with Crippen molar-refractivity contribution in [3.05, 3.63) is 46.4 Å². The van der Waals surface area contributed by atoms with Crippen molar-refractivity contribution in [1.82, 2.24) is 4.98 Å². The monoisotopic (exact) mass is 268 g/mol. The Bertz CT molecular complexity index is 461. The Labute approximate surface area is 109 Å². The predicted octanol–water partition coefficient (Wildman–Crippen LogP) is 2.81. The van der Waals surface area contributed by atoms with Crippen molar-refractivity contribution >= 4 is 28.1 Å². The molecule has 2 aromatic rings. The molecule has 0 saturated carbocycles. The molecule has 2 N–H and O–H groups in total. The third-order valence-corrected chi connectivity index (χ3v) is 3.45. The van der Waals surface area contributed by atoms with Gasteiger partial charge in [-0.3, -0.25) is 0 Å². The lowest BCUT2D eigenvalue weighted by atomic mass is 10.1. The summed E-state index contributed by atoms with van der Waals surface area (Å²) in [7, 11) is 0. The Kier molecular flexibility index (Phi) is 4.36. The molecule has 17 heavy (non-hydrogen) atoms. The summed E-state index contributed by atoms with van der Waals surface area (Å²) >= 11 is 7.18. The highest BCUT2D eigenvalue weighted by atomic mass is 35.5. The fourth-order valence-corrected chi connectivity index (χ4v) is 2.47. The third kappa shape index (κ3) is 3.70. The summed E-state index contributed by atoms with van der Waals surface area (Å²) in [5.41, 5.74) is 1.18. The number of halogens is 1. The number of nitrogens with zero attached hydrogens (tertiary/aromatic N) is 1. The molecule has 0 fully saturated rings. The van der Waals surface area contributed by atoms with Crippen molar-refractivity contribution in [1.29, 1.82) is 0 Å². The van der Waals surface area contributed by atoms with E-state index in [2.05, 4.69) is 10.3 Å². The highest BCUT2D eigenvalue weighted by molar-refractivity contribution is 7.14. The van der Waals surface area contributed by atoms with Crippen LogP contribution >= 0.6 is 22.9 Å². The van der Waals surface area contributed by atoms with E-state index in [0.29, 0.717) is 5.15 Å². The number of nitrogens with one attached hydrogen (secondary N) is 1. The molecule has 1 heterocycles. The van der Waals surface area contributed by atoms with E-state index in [1.54, 1.807) is 5.38 Å². The number of hydrogen-bond donors (Lipinski definition) is 2. The van der Waals surface area contributed by atoms with Crippen molar-refractivity contribution in [2.24, 2.45) is 0 Å². The largest absolute Gasteiger partial charge is 0.394 e. The molecule has 1 aromatic carbocycles. The van der Waals surface area contributed by atoms with E-state index in [9.17, 15) is 5.11 Å². The first-order chi connectivity index (χ1) is 8.28. The number of rotatable bonds is 5. The molecule has 1 atom stereocenters. The van der Waals surface area contributed by atoms with Gasteiger partial charge in [-0.25, -0.2) is 4.98 Å². The van der Waals surface area contributed by atoms with Crippen LogP contribution in [0.25, 0.3) is 0 Å². The average molecular weight is 269 g/mol. The lowest BCUT2D eigenvalue weighted by Gasteiger charge is -2.15. The van der Waals surface area contributed by atoms with Crippen molar-refractivity contribution in [2.75, 3.05) is 11.9 Å². The van der Waals surface area contributed by atoms with Gasteiger partial charge in [0.25, 0.3) is 0 Å². The lowest BCUT2D eigenvalue weighted by Crippen LogP contribution is -2.26. The minimum atomic E-state index is -0.0420. The number of anilines is 1. The molecule has 0 spiro atoms. The van der Waals surface area contributed by atoms with Crippen LogP contribution in [0.5, 0.6) is 0 Å².